The summed E-state index contributed by atoms with van der Waals surface area (Å²) in [5.74, 6) is 0. The number of aryl methyl sites for hydroxylation is 1. The molecule has 0 saturated carbocycles. The molecule has 0 amide bonds. The van der Waals surface area contributed by atoms with Crippen LogP contribution in [0.2, 0.25) is 0 Å². The minimum atomic E-state index is -0.217. The van der Waals surface area contributed by atoms with Crippen molar-refractivity contribution in [2.45, 2.75) is 32.2 Å². The number of hydrogen-bond acceptors (Lipinski definition) is 2. The molecule has 0 saturated heterocycles. The van der Waals surface area contributed by atoms with Gasteiger partial charge in [-0.05, 0) is 42.9 Å². The van der Waals surface area contributed by atoms with Gasteiger partial charge < -0.3 is 0 Å². The van der Waals surface area contributed by atoms with Crippen molar-refractivity contribution in [1.82, 2.24) is 0 Å². The van der Waals surface area contributed by atoms with Crippen molar-refractivity contribution in [2.24, 2.45) is 5.18 Å². The molecule has 0 spiro atoms. The fourth-order valence-electron chi connectivity index (χ4n) is 2.15. The highest BCUT2D eigenvalue weighted by Crippen LogP contribution is 2.30. The Morgan fingerprint density at radius 3 is 2.93 bits per heavy atom. The van der Waals surface area contributed by atoms with E-state index in [9.17, 15) is 4.91 Å². The maximum absolute atomic E-state index is 10.4. The van der Waals surface area contributed by atoms with Crippen LogP contribution < -0.4 is 0 Å². The van der Waals surface area contributed by atoms with E-state index in [4.69, 9.17) is 0 Å². The Morgan fingerprint density at radius 1 is 1.33 bits per heavy atom. The van der Waals surface area contributed by atoms with Crippen molar-refractivity contribution in [1.29, 1.82) is 0 Å². The zero-order chi connectivity index (χ0) is 10.7. The average molecular weight is 201 g/mol. The highest BCUT2D eigenvalue weighted by molar-refractivity contribution is 5.70. The second kappa shape index (κ2) is 4.39. The summed E-state index contributed by atoms with van der Waals surface area (Å²) in [4.78, 5) is 10.4. The van der Waals surface area contributed by atoms with Crippen LogP contribution in [0.15, 0.2) is 35.5 Å². The Kier molecular flexibility index (Phi) is 2.95. The van der Waals surface area contributed by atoms with Crippen LogP contribution in [0, 0.1) is 4.91 Å². The van der Waals surface area contributed by atoms with Crippen LogP contribution in [0.1, 0.15) is 30.9 Å². The van der Waals surface area contributed by atoms with Gasteiger partial charge in [0, 0.05) is 0 Å². The summed E-state index contributed by atoms with van der Waals surface area (Å²) < 4.78 is 0. The second-order valence-electron chi connectivity index (χ2n) is 4.05. The van der Waals surface area contributed by atoms with Crippen LogP contribution in [-0.2, 0) is 6.42 Å². The number of fused-ring (bicyclic) bond motifs is 1. The maximum atomic E-state index is 10.4. The Labute approximate surface area is 90.0 Å². The highest BCUT2D eigenvalue weighted by atomic mass is 16.3. The van der Waals surface area contributed by atoms with E-state index in [0.717, 1.165) is 12.8 Å². The molecule has 2 nitrogen and oxygen atoms in total. The van der Waals surface area contributed by atoms with Crippen molar-refractivity contribution in [3.8, 4) is 0 Å². The zero-order valence-electron chi connectivity index (χ0n) is 8.94. The molecule has 1 atom stereocenters. The number of benzene rings is 1. The molecule has 2 rings (SSSR count). The van der Waals surface area contributed by atoms with Gasteiger partial charge >= 0.3 is 0 Å². The van der Waals surface area contributed by atoms with Gasteiger partial charge in [0.2, 0.25) is 0 Å². The summed E-state index contributed by atoms with van der Waals surface area (Å²) in [5, 5.41) is 3.03. The van der Waals surface area contributed by atoms with Gasteiger partial charge in [-0.2, -0.15) is 4.91 Å². The van der Waals surface area contributed by atoms with Gasteiger partial charge in [0.1, 0.15) is 6.04 Å². The Hall–Kier alpha value is -1.44. The molecule has 0 heterocycles. The molecular formula is C13H15NO. The molecular weight excluding hydrogens is 186 g/mol. The second-order valence-corrected chi connectivity index (χ2v) is 4.05. The Balaban J connectivity index is 2.37. The molecule has 1 aliphatic carbocycles. The molecule has 1 aromatic rings. The molecule has 0 aromatic heterocycles. The summed E-state index contributed by atoms with van der Waals surface area (Å²) >= 11 is 0. The minimum absolute atomic E-state index is 0.217. The summed E-state index contributed by atoms with van der Waals surface area (Å²) in [6, 6.07) is 8.21. The highest BCUT2D eigenvalue weighted by Gasteiger charge is 2.13. The van der Waals surface area contributed by atoms with Gasteiger partial charge in [-0.25, -0.2) is 0 Å². The summed E-state index contributed by atoms with van der Waals surface area (Å²) in [7, 11) is 0. The lowest BCUT2D eigenvalue weighted by atomic mass is 9.87. The van der Waals surface area contributed by atoms with E-state index in [2.05, 4.69) is 29.4 Å². The average Bonchev–Trinajstić information content (AvgIpc) is 2.29. The maximum Gasteiger partial charge on any atom is 0.108 e. The molecule has 0 N–H and O–H groups in total. The van der Waals surface area contributed by atoms with Crippen LogP contribution in [0.3, 0.4) is 0 Å². The predicted octanol–water partition coefficient (Wildman–Crippen LogP) is 3.56. The lowest BCUT2D eigenvalue weighted by Crippen LogP contribution is -2.03. The first-order chi connectivity index (χ1) is 7.31. The van der Waals surface area contributed by atoms with Crippen LogP contribution >= 0.6 is 0 Å². The Bertz CT molecular complexity index is 395. The van der Waals surface area contributed by atoms with E-state index in [1.165, 1.54) is 23.1 Å². The summed E-state index contributed by atoms with van der Waals surface area (Å²) in [6.45, 7) is 1.83. The first-order valence-electron chi connectivity index (χ1n) is 5.42. The molecule has 0 radical (unpaired) electrons. The topological polar surface area (TPSA) is 29.4 Å². The summed E-state index contributed by atoms with van der Waals surface area (Å²) in [6.07, 6.45) is 5.38. The fourth-order valence-corrected chi connectivity index (χ4v) is 2.15. The number of nitrogens with zero attached hydrogens (tertiary/aromatic N) is 1. The number of rotatable bonds is 2. The molecule has 0 fully saturated rings. The summed E-state index contributed by atoms with van der Waals surface area (Å²) in [5.41, 5.74) is 3.98. The molecule has 78 valence electrons. The standard InChI is InChI=1S/C13H15NO/c1-10(14-15)9-12-7-4-6-11-5-2-3-8-13(11)12/h2-3,5,8-10H,4,6-7H2,1H3/b12-9-. The van der Waals surface area contributed by atoms with Crippen molar-refractivity contribution in [3.05, 3.63) is 46.4 Å². The molecule has 1 aromatic carbocycles. The van der Waals surface area contributed by atoms with E-state index in [-0.39, 0.29) is 6.04 Å². The SMILES string of the molecule is CC(/C=C1/CCCc2ccccc21)N=O. The van der Waals surface area contributed by atoms with Gasteiger partial charge in [0.15, 0.2) is 0 Å². The fraction of sp³-hybridized carbons (Fsp3) is 0.385. The van der Waals surface area contributed by atoms with E-state index in [1.54, 1.807) is 0 Å². The Morgan fingerprint density at radius 2 is 2.13 bits per heavy atom. The first-order valence-corrected chi connectivity index (χ1v) is 5.42. The molecule has 2 heteroatoms. The van der Waals surface area contributed by atoms with E-state index < -0.39 is 0 Å². The van der Waals surface area contributed by atoms with Gasteiger partial charge in [-0.15, -0.1) is 0 Å². The van der Waals surface area contributed by atoms with Crippen LogP contribution in [0.4, 0.5) is 0 Å². The molecule has 1 unspecified atom stereocenters. The number of nitroso groups, excluding NO2 is 1. The molecule has 0 bridgehead atoms. The third kappa shape index (κ3) is 2.14. The molecule has 15 heavy (non-hydrogen) atoms. The largest absolute Gasteiger partial charge is 0.150 e. The van der Waals surface area contributed by atoms with Crippen LogP contribution in [0.5, 0.6) is 0 Å². The van der Waals surface area contributed by atoms with Crippen molar-refractivity contribution >= 4 is 5.57 Å². The van der Waals surface area contributed by atoms with Crippen molar-refractivity contribution in [2.75, 3.05) is 0 Å². The van der Waals surface area contributed by atoms with Gasteiger partial charge in [0.25, 0.3) is 0 Å². The molecule has 0 aliphatic heterocycles. The number of hydrogen-bond donors (Lipinski definition) is 0. The third-order valence-corrected chi connectivity index (χ3v) is 2.86. The lowest BCUT2D eigenvalue weighted by Gasteiger charge is -2.19. The van der Waals surface area contributed by atoms with Crippen LogP contribution in [-0.4, -0.2) is 6.04 Å². The minimum Gasteiger partial charge on any atom is -0.150 e. The first kappa shape index (κ1) is 10.1. The third-order valence-electron chi connectivity index (χ3n) is 2.86. The van der Waals surface area contributed by atoms with E-state index in [1.807, 2.05) is 13.0 Å². The van der Waals surface area contributed by atoms with Gasteiger partial charge in [-0.1, -0.05) is 35.5 Å². The number of allylic oxidation sites excluding steroid dienone is 1. The van der Waals surface area contributed by atoms with E-state index >= 15 is 0 Å². The van der Waals surface area contributed by atoms with Crippen LogP contribution in [0.25, 0.3) is 5.57 Å². The zero-order valence-corrected chi connectivity index (χ0v) is 8.94. The van der Waals surface area contributed by atoms with Crippen molar-refractivity contribution < 1.29 is 0 Å². The predicted molar refractivity (Wildman–Crippen MR) is 62.6 cm³/mol. The van der Waals surface area contributed by atoms with Gasteiger partial charge in [0.05, 0.1) is 0 Å². The quantitative estimate of drug-likeness (QED) is 0.673. The normalized spacial score (nSPS) is 19.7. The van der Waals surface area contributed by atoms with E-state index in [0.29, 0.717) is 0 Å². The van der Waals surface area contributed by atoms with Gasteiger partial charge in [-0.3, -0.25) is 0 Å². The molecule has 1 aliphatic rings. The lowest BCUT2D eigenvalue weighted by molar-refractivity contribution is 0.812. The van der Waals surface area contributed by atoms with Crippen molar-refractivity contribution in [3.63, 3.8) is 0 Å². The monoisotopic (exact) mass is 201 g/mol. The smallest absolute Gasteiger partial charge is 0.108 e.